The third-order valence-corrected chi connectivity index (χ3v) is 3.86. The Balaban J connectivity index is 2.11. The van der Waals surface area contributed by atoms with Gasteiger partial charge in [-0.1, -0.05) is 18.2 Å². The fraction of sp³-hybridized carbons (Fsp3) is 0.200. The number of primary amides is 2. The summed E-state index contributed by atoms with van der Waals surface area (Å²) in [5, 5.41) is 3.11. The molecule has 29 heavy (non-hydrogen) atoms. The van der Waals surface area contributed by atoms with Crippen molar-refractivity contribution in [2.75, 3.05) is 31.3 Å². The normalized spacial score (nSPS) is 10.5. The number of nitrogens with one attached hydrogen (secondary N) is 1. The zero-order chi connectivity index (χ0) is 21.2. The summed E-state index contributed by atoms with van der Waals surface area (Å²) >= 11 is 0. The third-order valence-electron chi connectivity index (χ3n) is 3.86. The second-order valence-electron chi connectivity index (χ2n) is 5.92. The standard InChI is InChI=1S/C20H24N4O5/c1-27-15-6-4-13(5-7-15)12-29-17-11-14(19(22)25)10-16(21)18(17)24-8-2-3-9-28-20(23)26/h2-7,10-11,24H,8-9,12,21H2,1H3,(H2,22,25)(H2,23,26)/b3-2+. The summed E-state index contributed by atoms with van der Waals surface area (Å²) in [6, 6.07) is 10.4. The molecule has 2 aromatic carbocycles. The zero-order valence-corrected chi connectivity index (χ0v) is 16.0. The van der Waals surface area contributed by atoms with Gasteiger partial charge in [0.25, 0.3) is 0 Å². The summed E-state index contributed by atoms with van der Waals surface area (Å²) in [6.45, 7) is 0.692. The van der Waals surface area contributed by atoms with Gasteiger partial charge in [0.15, 0.2) is 0 Å². The van der Waals surface area contributed by atoms with Crippen LogP contribution in [0, 0.1) is 0 Å². The van der Waals surface area contributed by atoms with Gasteiger partial charge in [0.2, 0.25) is 5.91 Å². The molecule has 0 unspecified atom stereocenters. The average Bonchev–Trinajstić information content (AvgIpc) is 2.70. The maximum Gasteiger partial charge on any atom is 0.404 e. The van der Waals surface area contributed by atoms with Gasteiger partial charge in [-0.05, 0) is 35.9 Å². The molecule has 9 nitrogen and oxygen atoms in total. The Kier molecular flexibility index (Phi) is 7.72. The fourth-order valence-corrected chi connectivity index (χ4v) is 2.41. The minimum Gasteiger partial charge on any atom is -0.497 e. The SMILES string of the molecule is COc1ccc(COc2cc(C(N)=O)cc(N)c2NC/C=C/COC(N)=O)cc1. The Morgan fingerprint density at radius 1 is 1.10 bits per heavy atom. The van der Waals surface area contributed by atoms with Gasteiger partial charge in [-0.3, -0.25) is 4.79 Å². The number of ether oxygens (including phenoxy) is 3. The van der Waals surface area contributed by atoms with Crippen LogP contribution in [-0.4, -0.2) is 32.3 Å². The number of nitrogens with two attached hydrogens (primary N) is 3. The van der Waals surface area contributed by atoms with E-state index in [2.05, 4.69) is 10.1 Å². The molecule has 0 spiro atoms. The van der Waals surface area contributed by atoms with Crippen LogP contribution in [0.1, 0.15) is 15.9 Å². The van der Waals surface area contributed by atoms with Crippen LogP contribution in [0.2, 0.25) is 0 Å². The molecule has 2 aromatic rings. The molecule has 154 valence electrons. The van der Waals surface area contributed by atoms with Crippen LogP contribution < -0.4 is 32.0 Å². The molecule has 0 bridgehead atoms. The molecule has 0 heterocycles. The van der Waals surface area contributed by atoms with Crippen LogP contribution in [-0.2, 0) is 11.3 Å². The summed E-state index contributed by atoms with van der Waals surface area (Å²) in [4.78, 5) is 22.1. The number of hydrogen-bond acceptors (Lipinski definition) is 7. The molecule has 0 aliphatic rings. The summed E-state index contributed by atoms with van der Waals surface area (Å²) < 4.78 is 15.6. The number of hydrogen-bond donors (Lipinski definition) is 4. The van der Waals surface area contributed by atoms with Crippen LogP contribution in [0.15, 0.2) is 48.6 Å². The van der Waals surface area contributed by atoms with Gasteiger partial charge in [0.05, 0.1) is 12.8 Å². The number of anilines is 2. The Bertz CT molecular complexity index is 881. The van der Waals surface area contributed by atoms with Gasteiger partial charge < -0.3 is 36.7 Å². The lowest BCUT2D eigenvalue weighted by atomic mass is 10.1. The highest BCUT2D eigenvalue weighted by Crippen LogP contribution is 2.33. The van der Waals surface area contributed by atoms with E-state index in [1.807, 2.05) is 24.3 Å². The predicted octanol–water partition coefficient (Wildman–Crippen LogP) is 2.02. The van der Waals surface area contributed by atoms with E-state index in [4.69, 9.17) is 26.7 Å². The third kappa shape index (κ3) is 6.65. The van der Waals surface area contributed by atoms with E-state index >= 15 is 0 Å². The summed E-state index contributed by atoms with van der Waals surface area (Å²) in [7, 11) is 1.59. The highest BCUT2D eigenvalue weighted by atomic mass is 16.5. The highest BCUT2D eigenvalue weighted by Gasteiger charge is 2.13. The van der Waals surface area contributed by atoms with Crippen molar-refractivity contribution in [1.82, 2.24) is 0 Å². The van der Waals surface area contributed by atoms with Crippen LogP contribution in [0.4, 0.5) is 16.2 Å². The van der Waals surface area contributed by atoms with Gasteiger partial charge in [0.1, 0.15) is 30.4 Å². The molecule has 2 rings (SSSR count). The summed E-state index contributed by atoms with van der Waals surface area (Å²) in [5.41, 5.74) is 18.3. The minimum atomic E-state index is -0.844. The molecule has 0 radical (unpaired) electrons. The van der Waals surface area contributed by atoms with Crippen molar-refractivity contribution < 1.29 is 23.8 Å². The topological polar surface area (TPSA) is 152 Å². The first-order valence-electron chi connectivity index (χ1n) is 8.71. The van der Waals surface area contributed by atoms with E-state index in [0.29, 0.717) is 23.7 Å². The first-order chi connectivity index (χ1) is 13.9. The maximum atomic E-state index is 11.6. The van der Waals surface area contributed by atoms with Crippen LogP contribution in [0.5, 0.6) is 11.5 Å². The van der Waals surface area contributed by atoms with Crippen molar-refractivity contribution >= 4 is 23.4 Å². The highest BCUT2D eigenvalue weighted by molar-refractivity contribution is 5.96. The quantitative estimate of drug-likeness (QED) is 0.352. The molecule has 0 atom stereocenters. The monoisotopic (exact) mass is 400 g/mol. The van der Waals surface area contributed by atoms with Crippen molar-refractivity contribution in [3.63, 3.8) is 0 Å². The molecular formula is C20H24N4O5. The first kappa shape index (κ1) is 21.4. The van der Waals surface area contributed by atoms with Gasteiger partial charge in [-0.2, -0.15) is 0 Å². The molecule has 9 heteroatoms. The predicted molar refractivity (Wildman–Crippen MR) is 110 cm³/mol. The molecule has 0 aliphatic carbocycles. The second kappa shape index (κ2) is 10.5. The first-order valence-corrected chi connectivity index (χ1v) is 8.71. The number of amides is 2. The Labute approximate surface area is 168 Å². The number of benzene rings is 2. The molecule has 2 amide bonds. The zero-order valence-electron chi connectivity index (χ0n) is 16.0. The second-order valence-corrected chi connectivity index (χ2v) is 5.92. The Morgan fingerprint density at radius 3 is 2.45 bits per heavy atom. The molecule has 0 saturated heterocycles. The van der Waals surface area contributed by atoms with E-state index in [-0.39, 0.29) is 18.8 Å². The molecule has 0 saturated carbocycles. The van der Waals surface area contributed by atoms with E-state index in [0.717, 1.165) is 11.3 Å². The van der Waals surface area contributed by atoms with E-state index in [1.165, 1.54) is 12.1 Å². The van der Waals surface area contributed by atoms with Crippen LogP contribution >= 0.6 is 0 Å². The van der Waals surface area contributed by atoms with Gasteiger partial charge in [0, 0.05) is 12.1 Å². The number of methoxy groups -OCH3 is 1. The molecular weight excluding hydrogens is 376 g/mol. The van der Waals surface area contributed by atoms with Gasteiger partial charge >= 0.3 is 6.09 Å². The molecule has 0 aromatic heterocycles. The minimum absolute atomic E-state index is 0.0634. The van der Waals surface area contributed by atoms with Crippen LogP contribution in [0.3, 0.4) is 0 Å². The summed E-state index contributed by atoms with van der Waals surface area (Å²) in [6.07, 6.45) is 2.52. The fourth-order valence-electron chi connectivity index (χ4n) is 2.41. The van der Waals surface area contributed by atoms with Gasteiger partial charge in [-0.25, -0.2) is 4.79 Å². The lowest BCUT2D eigenvalue weighted by molar-refractivity contribution is 0.0999. The molecule has 0 aliphatic heterocycles. The Hall–Kier alpha value is -3.88. The van der Waals surface area contributed by atoms with Crippen molar-refractivity contribution in [2.45, 2.75) is 6.61 Å². The number of rotatable bonds is 10. The largest absolute Gasteiger partial charge is 0.497 e. The maximum absolute atomic E-state index is 11.6. The Morgan fingerprint density at radius 2 is 1.83 bits per heavy atom. The average molecular weight is 400 g/mol. The molecule has 7 N–H and O–H groups in total. The van der Waals surface area contributed by atoms with Crippen LogP contribution in [0.25, 0.3) is 0 Å². The smallest absolute Gasteiger partial charge is 0.404 e. The van der Waals surface area contributed by atoms with Crippen molar-refractivity contribution in [3.05, 3.63) is 59.7 Å². The van der Waals surface area contributed by atoms with E-state index in [9.17, 15) is 9.59 Å². The van der Waals surface area contributed by atoms with Crippen molar-refractivity contribution in [3.8, 4) is 11.5 Å². The van der Waals surface area contributed by atoms with Gasteiger partial charge in [-0.15, -0.1) is 0 Å². The van der Waals surface area contributed by atoms with E-state index in [1.54, 1.807) is 19.3 Å². The van der Waals surface area contributed by atoms with E-state index < -0.39 is 12.0 Å². The lowest BCUT2D eigenvalue weighted by Crippen LogP contribution is -2.14. The number of carbonyl (C=O) groups is 2. The number of carbonyl (C=O) groups excluding carboxylic acids is 2. The van der Waals surface area contributed by atoms with Crippen molar-refractivity contribution in [2.24, 2.45) is 11.5 Å². The lowest BCUT2D eigenvalue weighted by Gasteiger charge is -2.16. The van der Waals surface area contributed by atoms with Crippen molar-refractivity contribution in [1.29, 1.82) is 0 Å². The summed E-state index contributed by atoms with van der Waals surface area (Å²) in [5.74, 6) is 0.514. The molecule has 0 fully saturated rings. The number of nitrogen functional groups attached to an aromatic ring is 1.